The normalized spacial score (nSPS) is 10.5. The highest BCUT2D eigenvalue weighted by molar-refractivity contribution is 7.14. The van der Waals surface area contributed by atoms with Crippen LogP contribution in [-0.4, -0.2) is 23.3 Å². The average molecular weight is 390 g/mol. The van der Waals surface area contributed by atoms with Gasteiger partial charge >= 0.3 is 0 Å². The summed E-state index contributed by atoms with van der Waals surface area (Å²) in [6.07, 6.45) is 0.130. The molecule has 2 amide bonds. The lowest BCUT2D eigenvalue weighted by atomic mass is 10.2. The largest absolute Gasteiger partial charge is 0.460 e. The first-order valence-corrected chi connectivity index (χ1v) is 9.13. The summed E-state index contributed by atoms with van der Waals surface area (Å²) < 4.78 is 5.50. The van der Waals surface area contributed by atoms with Gasteiger partial charge in [-0.25, -0.2) is 4.98 Å². The molecule has 0 unspecified atom stereocenters. The van der Waals surface area contributed by atoms with Crippen LogP contribution >= 0.6 is 22.9 Å². The van der Waals surface area contributed by atoms with Crippen molar-refractivity contribution in [2.45, 2.75) is 13.3 Å². The van der Waals surface area contributed by atoms with Gasteiger partial charge in [-0.1, -0.05) is 23.7 Å². The molecule has 0 spiro atoms. The summed E-state index contributed by atoms with van der Waals surface area (Å²) in [6.45, 7) is 2.06. The van der Waals surface area contributed by atoms with E-state index in [1.165, 1.54) is 11.3 Å². The minimum absolute atomic E-state index is 0.130. The second kappa shape index (κ2) is 8.16. The van der Waals surface area contributed by atoms with Gasteiger partial charge in [-0.15, -0.1) is 11.3 Å². The maximum atomic E-state index is 12.0. The highest BCUT2D eigenvalue weighted by Crippen LogP contribution is 2.26. The molecule has 0 aliphatic rings. The Labute approximate surface area is 159 Å². The predicted molar refractivity (Wildman–Crippen MR) is 102 cm³/mol. The van der Waals surface area contributed by atoms with Crippen molar-refractivity contribution in [3.8, 4) is 11.5 Å². The van der Waals surface area contributed by atoms with E-state index in [1.807, 2.05) is 24.4 Å². The smallest absolute Gasteiger partial charge is 0.252 e. The van der Waals surface area contributed by atoms with Crippen molar-refractivity contribution in [1.29, 1.82) is 0 Å². The highest BCUT2D eigenvalue weighted by atomic mass is 35.5. The Bertz CT molecular complexity index is 935. The molecule has 0 bridgehead atoms. The Morgan fingerprint density at radius 1 is 1.23 bits per heavy atom. The highest BCUT2D eigenvalue weighted by Gasteiger charge is 2.12. The summed E-state index contributed by atoms with van der Waals surface area (Å²) in [7, 11) is 0. The van der Waals surface area contributed by atoms with E-state index in [9.17, 15) is 9.59 Å². The summed E-state index contributed by atoms with van der Waals surface area (Å²) in [5.41, 5.74) is 1.05. The van der Waals surface area contributed by atoms with Crippen LogP contribution in [0.5, 0.6) is 0 Å². The summed E-state index contributed by atoms with van der Waals surface area (Å²) >= 11 is 7.28. The molecule has 2 N–H and O–H groups in total. The lowest BCUT2D eigenvalue weighted by Gasteiger charge is -2.06. The molecule has 1 aromatic carbocycles. The zero-order valence-electron chi connectivity index (χ0n) is 13.9. The fraction of sp³-hybridized carbons (Fsp3) is 0.167. The second-order valence-corrected chi connectivity index (χ2v) is 6.75. The van der Waals surface area contributed by atoms with E-state index in [2.05, 4.69) is 15.6 Å². The van der Waals surface area contributed by atoms with Crippen LogP contribution < -0.4 is 10.6 Å². The van der Waals surface area contributed by atoms with Crippen LogP contribution in [0.1, 0.15) is 22.5 Å². The van der Waals surface area contributed by atoms with Crippen molar-refractivity contribution in [2.24, 2.45) is 0 Å². The minimum Gasteiger partial charge on any atom is -0.460 e. The van der Waals surface area contributed by atoms with Gasteiger partial charge in [-0.3, -0.25) is 9.59 Å². The monoisotopic (exact) mass is 389 g/mol. The van der Waals surface area contributed by atoms with Gasteiger partial charge in [0.05, 0.1) is 10.6 Å². The molecule has 134 valence electrons. The summed E-state index contributed by atoms with van der Waals surface area (Å²) in [5, 5.41) is 8.06. The number of rotatable bonds is 6. The van der Waals surface area contributed by atoms with Crippen LogP contribution in [0, 0.1) is 6.92 Å². The number of hydrogen-bond acceptors (Lipinski definition) is 5. The van der Waals surface area contributed by atoms with E-state index in [0.29, 0.717) is 27.2 Å². The van der Waals surface area contributed by atoms with E-state index in [-0.39, 0.29) is 24.8 Å². The fourth-order valence-electron chi connectivity index (χ4n) is 2.23. The van der Waals surface area contributed by atoms with Gasteiger partial charge in [0.25, 0.3) is 5.91 Å². The first-order valence-electron chi connectivity index (χ1n) is 7.88. The Balaban J connectivity index is 1.48. The number of benzene rings is 1. The molecule has 0 aliphatic heterocycles. The molecule has 0 aliphatic carbocycles. The van der Waals surface area contributed by atoms with E-state index < -0.39 is 0 Å². The third kappa shape index (κ3) is 4.50. The first kappa shape index (κ1) is 18.2. The number of amides is 2. The molecule has 2 aromatic heterocycles. The molecule has 0 radical (unpaired) electrons. The van der Waals surface area contributed by atoms with Crippen molar-refractivity contribution in [1.82, 2.24) is 10.3 Å². The zero-order chi connectivity index (χ0) is 18.5. The van der Waals surface area contributed by atoms with Gasteiger partial charge in [0.15, 0.2) is 10.9 Å². The number of nitrogens with zero attached hydrogens (tertiary/aromatic N) is 1. The van der Waals surface area contributed by atoms with Crippen LogP contribution in [-0.2, 0) is 4.79 Å². The van der Waals surface area contributed by atoms with Gasteiger partial charge in [-0.05, 0) is 31.2 Å². The van der Waals surface area contributed by atoms with Gasteiger partial charge in [0, 0.05) is 18.3 Å². The molecule has 2 heterocycles. The van der Waals surface area contributed by atoms with E-state index in [1.54, 1.807) is 24.3 Å². The molecule has 26 heavy (non-hydrogen) atoms. The van der Waals surface area contributed by atoms with E-state index in [0.717, 1.165) is 5.76 Å². The van der Waals surface area contributed by atoms with Crippen LogP contribution in [0.3, 0.4) is 0 Å². The zero-order valence-corrected chi connectivity index (χ0v) is 15.5. The van der Waals surface area contributed by atoms with Gasteiger partial charge in [0.1, 0.15) is 11.5 Å². The summed E-state index contributed by atoms with van der Waals surface area (Å²) in [5.74, 6) is 0.910. The molecule has 6 nitrogen and oxygen atoms in total. The third-order valence-corrected chi connectivity index (χ3v) is 4.59. The fourth-order valence-corrected chi connectivity index (χ4v) is 3.17. The predicted octanol–water partition coefficient (Wildman–Crippen LogP) is 4.12. The number of anilines is 1. The van der Waals surface area contributed by atoms with Crippen LogP contribution in [0.2, 0.25) is 5.02 Å². The SMILES string of the molecule is Cc1ccc(-c2csc(NC(=O)CCNC(=O)c3ccccc3Cl)n2)o1. The van der Waals surface area contributed by atoms with E-state index >= 15 is 0 Å². The van der Waals surface area contributed by atoms with Crippen molar-refractivity contribution in [3.63, 3.8) is 0 Å². The molecule has 0 fully saturated rings. The van der Waals surface area contributed by atoms with Crippen LogP contribution in [0.4, 0.5) is 5.13 Å². The first-order chi connectivity index (χ1) is 12.5. The minimum atomic E-state index is -0.312. The number of carbonyl (C=O) groups excluding carboxylic acids is 2. The third-order valence-electron chi connectivity index (χ3n) is 3.50. The van der Waals surface area contributed by atoms with Crippen molar-refractivity contribution in [2.75, 3.05) is 11.9 Å². The topological polar surface area (TPSA) is 84.2 Å². The summed E-state index contributed by atoms with van der Waals surface area (Å²) in [4.78, 5) is 28.3. The number of nitrogens with one attached hydrogen (secondary N) is 2. The van der Waals surface area contributed by atoms with Crippen LogP contribution in [0.25, 0.3) is 11.5 Å². The maximum Gasteiger partial charge on any atom is 0.252 e. The summed E-state index contributed by atoms with van der Waals surface area (Å²) in [6, 6.07) is 10.4. The lowest BCUT2D eigenvalue weighted by Crippen LogP contribution is -2.27. The Morgan fingerprint density at radius 2 is 2.04 bits per heavy atom. The number of aromatic nitrogens is 1. The van der Waals surface area contributed by atoms with Crippen molar-refractivity contribution in [3.05, 3.63) is 58.1 Å². The standard InChI is InChI=1S/C18H16ClN3O3S/c1-11-6-7-15(25-11)14-10-26-18(21-14)22-16(23)8-9-20-17(24)12-4-2-3-5-13(12)19/h2-7,10H,8-9H2,1H3,(H,20,24)(H,21,22,23). The number of hydrogen-bond donors (Lipinski definition) is 2. The van der Waals surface area contributed by atoms with Crippen molar-refractivity contribution >= 4 is 39.9 Å². The van der Waals surface area contributed by atoms with Gasteiger partial charge < -0.3 is 15.1 Å². The quantitative estimate of drug-likeness (QED) is 0.664. The molecule has 8 heteroatoms. The van der Waals surface area contributed by atoms with Gasteiger partial charge in [-0.2, -0.15) is 0 Å². The lowest BCUT2D eigenvalue weighted by molar-refractivity contribution is -0.116. The average Bonchev–Trinajstić information content (AvgIpc) is 3.24. The van der Waals surface area contributed by atoms with Gasteiger partial charge in [0.2, 0.25) is 5.91 Å². The molecule has 3 aromatic rings. The Kier molecular flexibility index (Phi) is 5.70. The number of carbonyl (C=O) groups is 2. The molecular formula is C18H16ClN3O3S. The van der Waals surface area contributed by atoms with Crippen molar-refractivity contribution < 1.29 is 14.0 Å². The second-order valence-electron chi connectivity index (χ2n) is 5.48. The number of halogens is 1. The van der Waals surface area contributed by atoms with Crippen LogP contribution in [0.15, 0.2) is 46.2 Å². The maximum absolute atomic E-state index is 12.0. The molecule has 0 saturated carbocycles. The Morgan fingerprint density at radius 3 is 2.77 bits per heavy atom. The molecule has 0 saturated heterocycles. The number of furan rings is 1. The van der Waals surface area contributed by atoms with E-state index in [4.69, 9.17) is 16.0 Å². The molecule has 3 rings (SSSR count). The molecule has 0 atom stereocenters. The Hall–Kier alpha value is -2.64. The molecular weight excluding hydrogens is 374 g/mol. The number of aryl methyl sites for hydroxylation is 1. The number of thiazole rings is 1.